The van der Waals surface area contributed by atoms with Crippen LogP contribution in [0.5, 0.6) is 17.2 Å². The predicted molar refractivity (Wildman–Crippen MR) is 131 cm³/mol. The lowest BCUT2D eigenvalue weighted by Crippen LogP contribution is -2.50. The summed E-state index contributed by atoms with van der Waals surface area (Å²) >= 11 is 12.2. The highest BCUT2D eigenvalue weighted by Gasteiger charge is 2.23. The fraction of sp³-hybridized carbons (Fsp3) is 0.292. The summed E-state index contributed by atoms with van der Waals surface area (Å²) < 4.78 is 16.2. The van der Waals surface area contributed by atoms with Crippen molar-refractivity contribution in [2.45, 2.75) is 0 Å². The van der Waals surface area contributed by atoms with E-state index in [1.807, 2.05) is 18.2 Å². The highest BCUT2D eigenvalue weighted by molar-refractivity contribution is 6.36. The van der Waals surface area contributed by atoms with Crippen LogP contribution in [0.1, 0.15) is 0 Å². The molecule has 0 unspecified atom stereocenters. The average Bonchev–Trinajstić information content (AvgIpc) is 2.87. The minimum atomic E-state index is -0.0831. The summed E-state index contributed by atoms with van der Waals surface area (Å²) in [5.74, 6) is 2.38. The molecule has 0 N–H and O–H groups in total. The summed E-state index contributed by atoms with van der Waals surface area (Å²) in [7, 11) is 3.13. The first kappa shape index (κ1) is 23.9. The standard InChI is InChI=1S/C24H24Cl2N4O4/c1-32-17-12-18(33-2)14-19(13-17)34-15-24(31)30-9-7-29(8-10-30)23-6-5-22(27-28-23)20-4-3-16(25)11-21(20)26/h3-6,11-14H,7-10,15H2,1-2H3. The van der Waals surface area contributed by atoms with Crippen molar-refractivity contribution in [2.75, 3.05) is 51.9 Å². The fourth-order valence-corrected chi connectivity index (χ4v) is 4.13. The topological polar surface area (TPSA) is 77.0 Å². The Morgan fingerprint density at radius 3 is 2.15 bits per heavy atom. The minimum Gasteiger partial charge on any atom is -0.496 e. The van der Waals surface area contributed by atoms with Gasteiger partial charge in [-0.15, -0.1) is 10.2 Å². The second-order valence-electron chi connectivity index (χ2n) is 7.61. The number of aromatic nitrogens is 2. The molecular weight excluding hydrogens is 479 g/mol. The smallest absolute Gasteiger partial charge is 0.260 e. The van der Waals surface area contributed by atoms with Gasteiger partial charge in [-0.3, -0.25) is 4.79 Å². The molecule has 0 saturated carbocycles. The first-order chi connectivity index (χ1) is 16.5. The number of hydrogen-bond donors (Lipinski definition) is 0. The van der Waals surface area contributed by atoms with Crippen LogP contribution in [0, 0.1) is 0 Å². The number of methoxy groups -OCH3 is 2. The molecule has 0 radical (unpaired) electrons. The van der Waals surface area contributed by atoms with Crippen LogP contribution in [0.25, 0.3) is 11.3 Å². The number of benzene rings is 2. The van der Waals surface area contributed by atoms with E-state index in [0.29, 0.717) is 59.2 Å². The van der Waals surface area contributed by atoms with E-state index in [1.165, 1.54) is 0 Å². The second kappa shape index (κ2) is 10.8. The number of anilines is 1. The number of hydrogen-bond acceptors (Lipinski definition) is 7. The van der Waals surface area contributed by atoms with Gasteiger partial charge < -0.3 is 24.0 Å². The molecule has 1 fully saturated rings. The maximum atomic E-state index is 12.7. The maximum absolute atomic E-state index is 12.7. The van der Waals surface area contributed by atoms with Gasteiger partial charge in [-0.05, 0) is 30.3 Å². The molecule has 0 aliphatic carbocycles. The van der Waals surface area contributed by atoms with E-state index in [2.05, 4.69) is 15.1 Å². The summed E-state index contributed by atoms with van der Waals surface area (Å²) in [5.41, 5.74) is 1.44. The third-order valence-electron chi connectivity index (χ3n) is 5.50. The predicted octanol–water partition coefficient (Wildman–Crippen LogP) is 4.20. The number of amides is 1. The van der Waals surface area contributed by atoms with Crippen molar-refractivity contribution in [2.24, 2.45) is 0 Å². The molecule has 2 aromatic carbocycles. The van der Waals surface area contributed by atoms with E-state index in [-0.39, 0.29) is 12.5 Å². The molecule has 8 nitrogen and oxygen atoms in total. The first-order valence-corrected chi connectivity index (χ1v) is 11.4. The molecule has 1 aromatic heterocycles. The monoisotopic (exact) mass is 502 g/mol. The summed E-state index contributed by atoms with van der Waals surface area (Å²) in [6.45, 7) is 2.36. The van der Waals surface area contributed by atoms with E-state index in [9.17, 15) is 4.79 Å². The zero-order chi connectivity index (χ0) is 24.1. The zero-order valence-electron chi connectivity index (χ0n) is 18.8. The van der Waals surface area contributed by atoms with Crippen LogP contribution in [0.4, 0.5) is 5.82 Å². The van der Waals surface area contributed by atoms with Crippen molar-refractivity contribution in [3.63, 3.8) is 0 Å². The zero-order valence-corrected chi connectivity index (χ0v) is 20.3. The van der Waals surface area contributed by atoms with Crippen LogP contribution in [-0.4, -0.2) is 68.0 Å². The molecule has 10 heteroatoms. The van der Waals surface area contributed by atoms with Crippen molar-refractivity contribution < 1.29 is 19.0 Å². The van der Waals surface area contributed by atoms with Crippen molar-refractivity contribution in [1.29, 1.82) is 0 Å². The molecule has 4 rings (SSSR count). The van der Waals surface area contributed by atoms with Gasteiger partial charge in [0, 0.05) is 55.0 Å². The number of rotatable bonds is 7. The molecule has 0 spiro atoms. The Bertz CT molecular complexity index is 1130. The minimum absolute atomic E-state index is 0.0628. The number of carbonyl (C=O) groups excluding carboxylic acids is 1. The van der Waals surface area contributed by atoms with Crippen LogP contribution in [0.2, 0.25) is 10.0 Å². The molecule has 34 heavy (non-hydrogen) atoms. The molecule has 1 aliphatic rings. The van der Waals surface area contributed by atoms with Crippen LogP contribution in [0.3, 0.4) is 0 Å². The Morgan fingerprint density at radius 1 is 0.882 bits per heavy atom. The van der Waals surface area contributed by atoms with Gasteiger partial charge in [-0.1, -0.05) is 23.2 Å². The third kappa shape index (κ3) is 5.63. The maximum Gasteiger partial charge on any atom is 0.260 e. The lowest BCUT2D eigenvalue weighted by Gasteiger charge is -2.35. The second-order valence-corrected chi connectivity index (χ2v) is 8.45. The summed E-state index contributed by atoms with van der Waals surface area (Å²) in [6, 6.07) is 14.2. The summed E-state index contributed by atoms with van der Waals surface area (Å²) in [5, 5.41) is 9.77. The Hall–Kier alpha value is -3.23. The van der Waals surface area contributed by atoms with Gasteiger partial charge in [-0.2, -0.15) is 0 Å². The molecule has 1 aliphatic heterocycles. The van der Waals surface area contributed by atoms with E-state index in [0.717, 1.165) is 11.4 Å². The number of halogens is 2. The number of carbonyl (C=O) groups is 1. The van der Waals surface area contributed by atoms with E-state index >= 15 is 0 Å². The number of ether oxygens (including phenoxy) is 3. The molecule has 0 bridgehead atoms. The van der Waals surface area contributed by atoms with Crippen molar-refractivity contribution in [3.05, 3.63) is 58.6 Å². The first-order valence-electron chi connectivity index (χ1n) is 10.6. The van der Waals surface area contributed by atoms with Gasteiger partial charge in [0.25, 0.3) is 5.91 Å². The lowest BCUT2D eigenvalue weighted by atomic mass is 10.1. The molecule has 2 heterocycles. The molecule has 1 amide bonds. The summed E-state index contributed by atoms with van der Waals surface area (Å²) in [6.07, 6.45) is 0. The quantitative estimate of drug-likeness (QED) is 0.479. The van der Waals surface area contributed by atoms with Crippen LogP contribution in [0.15, 0.2) is 48.5 Å². The number of nitrogens with zero attached hydrogens (tertiary/aromatic N) is 4. The molecule has 0 atom stereocenters. The normalized spacial score (nSPS) is 13.5. The van der Waals surface area contributed by atoms with Crippen molar-refractivity contribution in [1.82, 2.24) is 15.1 Å². The molecule has 178 valence electrons. The molecular formula is C24H24Cl2N4O4. The van der Waals surface area contributed by atoms with Gasteiger partial charge in [0.05, 0.1) is 24.9 Å². The van der Waals surface area contributed by atoms with E-state index in [1.54, 1.807) is 49.5 Å². The molecule has 3 aromatic rings. The van der Waals surface area contributed by atoms with Crippen molar-refractivity contribution >= 4 is 34.9 Å². The fourth-order valence-electron chi connectivity index (χ4n) is 3.62. The van der Waals surface area contributed by atoms with Gasteiger partial charge in [0.2, 0.25) is 0 Å². The Labute approximate surface area is 207 Å². The van der Waals surface area contributed by atoms with Crippen molar-refractivity contribution in [3.8, 4) is 28.5 Å². The largest absolute Gasteiger partial charge is 0.496 e. The van der Waals surface area contributed by atoms with Gasteiger partial charge in [0.1, 0.15) is 17.2 Å². The van der Waals surface area contributed by atoms with Crippen LogP contribution < -0.4 is 19.1 Å². The van der Waals surface area contributed by atoms with Gasteiger partial charge in [0.15, 0.2) is 12.4 Å². The summed E-state index contributed by atoms with van der Waals surface area (Å²) in [4.78, 5) is 16.5. The highest BCUT2D eigenvalue weighted by Crippen LogP contribution is 2.30. The van der Waals surface area contributed by atoms with Crippen LogP contribution in [-0.2, 0) is 4.79 Å². The Kier molecular flexibility index (Phi) is 7.59. The van der Waals surface area contributed by atoms with E-state index in [4.69, 9.17) is 37.4 Å². The van der Waals surface area contributed by atoms with Gasteiger partial charge in [-0.25, -0.2) is 0 Å². The lowest BCUT2D eigenvalue weighted by molar-refractivity contribution is -0.133. The Balaban J connectivity index is 1.31. The average molecular weight is 503 g/mol. The third-order valence-corrected chi connectivity index (χ3v) is 6.05. The van der Waals surface area contributed by atoms with Crippen LogP contribution >= 0.6 is 23.2 Å². The highest BCUT2D eigenvalue weighted by atomic mass is 35.5. The SMILES string of the molecule is COc1cc(OC)cc(OCC(=O)N2CCN(c3ccc(-c4ccc(Cl)cc4Cl)nn3)CC2)c1. The van der Waals surface area contributed by atoms with Gasteiger partial charge >= 0.3 is 0 Å². The van der Waals surface area contributed by atoms with E-state index < -0.39 is 0 Å². The molecule has 1 saturated heterocycles. The number of piperazine rings is 1. The Morgan fingerprint density at radius 2 is 1.56 bits per heavy atom.